The maximum absolute atomic E-state index is 12.0. The molecule has 0 fully saturated rings. The molecule has 0 aromatic carbocycles. The van der Waals surface area contributed by atoms with Crippen LogP contribution < -0.4 is 5.32 Å². The number of hydrogen-bond acceptors (Lipinski definition) is 3. The van der Waals surface area contributed by atoms with Crippen molar-refractivity contribution in [3.8, 4) is 0 Å². The fraction of sp³-hybridized carbons (Fsp3) is 0.571. The van der Waals surface area contributed by atoms with Gasteiger partial charge in [-0.15, -0.1) is 0 Å². The average molecular weight is 263 g/mol. The first-order chi connectivity index (χ1) is 8.99. The normalized spacial score (nSPS) is 21.9. The van der Waals surface area contributed by atoms with E-state index in [1.54, 1.807) is 31.0 Å². The highest BCUT2D eigenvalue weighted by Gasteiger charge is 2.27. The van der Waals surface area contributed by atoms with Gasteiger partial charge >= 0.3 is 0 Å². The van der Waals surface area contributed by atoms with Crippen LogP contribution in [0.5, 0.6) is 0 Å². The van der Waals surface area contributed by atoms with Gasteiger partial charge in [0.05, 0.1) is 12.7 Å². The Bertz CT molecular complexity index is 477. The summed E-state index contributed by atoms with van der Waals surface area (Å²) in [5.74, 6) is 0.0585. The first kappa shape index (κ1) is 13.8. The van der Waals surface area contributed by atoms with Crippen LogP contribution in [0.3, 0.4) is 0 Å². The molecule has 0 saturated heterocycles. The molecule has 1 aromatic heterocycles. The highest BCUT2D eigenvalue weighted by molar-refractivity contribution is 5.79. The highest BCUT2D eigenvalue weighted by atomic mass is 16.3. The Hall–Kier alpha value is -1.62. The number of hydrogen-bond donors (Lipinski definition) is 2. The van der Waals surface area contributed by atoms with Crippen LogP contribution in [0.2, 0.25) is 0 Å². The maximum Gasteiger partial charge on any atom is 0.223 e. The second-order valence-corrected chi connectivity index (χ2v) is 5.38. The first-order valence-corrected chi connectivity index (χ1v) is 6.63. The quantitative estimate of drug-likeness (QED) is 0.799. The van der Waals surface area contributed by atoms with Crippen LogP contribution >= 0.6 is 0 Å². The van der Waals surface area contributed by atoms with Crippen molar-refractivity contribution in [2.24, 2.45) is 13.0 Å². The van der Waals surface area contributed by atoms with E-state index in [-0.39, 0.29) is 18.4 Å². The molecular formula is C14H21N3O2. The third-order valence-corrected chi connectivity index (χ3v) is 3.57. The average Bonchev–Trinajstić information content (AvgIpc) is 2.85. The molecule has 104 valence electrons. The molecule has 0 aliphatic heterocycles. The van der Waals surface area contributed by atoms with E-state index in [9.17, 15) is 9.90 Å². The topological polar surface area (TPSA) is 67.2 Å². The molecule has 19 heavy (non-hydrogen) atoms. The fourth-order valence-corrected chi connectivity index (χ4v) is 2.24. The smallest absolute Gasteiger partial charge is 0.223 e. The van der Waals surface area contributed by atoms with Crippen LogP contribution in [0.25, 0.3) is 0 Å². The third-order valence-electron chi connectivity index (χ3n) is 3.57. The number of aromatic nitrogens is 2. The van der Waals surface area contributed by atoms with E-state index in [1.165, 1.54) is 0 Å². The Morgan fingerprint density at radius 2 is 2.42 bits per heavy atom. The summed E-state index contributed by atoms with van der Waals surface area (Å²) in [7, 11) is 1.80. The van der Waals surface area contributed by atoms with E-state index in [4.69, 9.17) is 0 Å². The van der Waals surface area contributed by atoms with Gasteiger partial charge in [-0.2, -0.15) is 5.10 Å². The second kappa shape index (κ2) is 5.57. The summed E-state index contributed by atoms with van der Waals surface area (Å²) < 4.78 is 1.64. The lowest BCUT2D eigenvalue weighted by Gasteiger charge is -2.24. The van der Waals surface area contributed by atoms with Gasteiger partial charge in [0.1, 0.15) is 5.60 Å². The van der Waals surface area contributed by atoms with Crippen molar-refractivity contribution < 1.29 is 9.90 Å². The molecule has 1 amide bonds. The third kappa shape index (κ3) is 3.44. The Labute approximate surface area is 113 Å². The molecule has 1 heterocycles. The Balaban J connectivity index is 1.90. The minimum absolute atomic E-state index is 0.0218. The van der Waals surface area contributed by atoms with E-state index in [1.807, 2.05) is 6.08 Å². The molecule has 1 aromatic rings. The lowest BCUT2D eigenvalue weighted by Crippen LogP contribution is -2.41. The number of allylic oxidation sites excluding steroid dienone is 2. The Morgan fingerprint density at radius 3 is 3.00 bits per heavy atom. The predicted molar refractivity (Wildman–Crippen MR) is 72.3 cm³/mol. The molecule has 2 atom stereocenters. The predicted octanol–water partition coefficient (Wildman–Crippen LogP) is 1.10. The minimum atomic E-state index is -1.09. The Kier molecular flexibility index (Phi) is 4.04. The zero-order valence-electron chi connectivity index (χ0n) is 11.5. The van der Waals surface area contributed by atoms with Gasteiger partial charge in [0.2, 0.25) is 5.91 Å². The van der Waals surface area contributed by atoms with Gasteiger partial charge < -0.3 is 10.4 Å². The molecule has 2 N–H and O–H groups in total. The van der Waals surface area contributed by atoms with E-state index in [0.717, 1.165) is 19.3 Å². The fourth-order valence-electron chi connectivity index (χ4n) is 2.24. The van der Waals surface area contributed by atoms with Crippen LogP contribution in [0, 0.1) is 5.92 Å². The van der Waals surface area contributed by atoms with Gasteiger partial charge in [-0.25, -0.2) is 0 Å². The highest BCUT2D eigenvalue weighted by Crippen LogP contribution is 2.21. The molecule has 0 saturated carbocycles. The van der Waals surface area contributed by atoms with Crippen LogP contribution in [0.1, 0.15) is 31.7 Å². The zero-order chi connectivity index (χ0) is 13.9. The van der Waals surface area contributed by atoms with Crippen LogP contribution in [-0.2, 0) is 17.4 Å². The van der Waals surface area contributed by atoms with Crippen molar-refractivity contribution in [3.05, 3.63) is 30.1 Å². The van der Waals surface area contributed by atoms with E-state index in [0.29, 0.717) is 5.56 Å². The first-order valence-electron chi connectivity index (χ1n) is 6.63. The van der Waals surface area contributed by atoms with Gasteiger partial charge in [-0.1, -0.05) is 12.2 Å². The van der Waals surface area contributed by atoms with Crippen molar-refractivity contribution in [1.82, 2.24) is 15.1 Å². The number of amides is 1. The molecule has 2 rings (SSSR count). The number of aliphatic hydroxyl groups is 1. The summed E-state index contributed by atoms with van der Waals surface area (Å²) in [6.07, 6.45) is 10.2. The minimum Gasteiger partial charge on any atom is -0.383 e. The largest absolute Gasteiger partial charge is 0.383 e. The number of nitrogens with one attached hydrogen (secondary N) is 1. The number of aryl methyl sites for hydroxylation is 1. The van der Waals surface area contributed by atoms with Crippen LogP contribution in [0.15, 0.2) is 24.5 Å². The van der Waals surface area contributed by atoms with Crippen molar-refractivity contribution in [3.63, 3.8) is 0 Å². The summed E-state index contributed by atoms with van der Waals surface area (Å²) in [4.78, 5) is 12.0. The van der Waals surface area contributed by atoms with Gasteiger partial charge in [0.15, 0.2) is 0 Å². The van der Waals surface area contributed by atoms with E-state index in [2.05, 4.69) is 16.5 Å². The molecule has 5 heteroatoms. The number of carbonyl (C=O) groups excluding carboxylic acids is 1. The van der Waals surface area contributed by atoms with E-state index >= 15 is 0 Å². The molecular weight excluding hydrogens is 242 g/mol. The van der Waals surface area contributed by atoms with Crippen LogP contribution in [-0.4, -0.2) is 27.3 Å². The maximum atomic E-state index is 12.0. The standard InChI is InChI=1S/C14H21N3O2/c1-14(19,12-8-16-17(2)9-12)10-15-13(18)11-6-4-3-5-7-11/h3-4,8-9,11,19H,5-7,10H2,1-2H3,(H,15,18). The molecule has 1 aliphatic carbocycles. The molecule has 0 radical (unpaired) electrons. The number of nitrogens with zero attached hydrogens (tertiary/aromatic N) is 2. The van der Waals surface area contributed by atoms with Crippen molar-refractivity contribution in [1.29, 1.82) is 0 Å². The van der Waals surface area contributed by atoms with Crippen molar-refractivity contribution in [2.75, 3.05) is 6.54 Å². The van der Waals surface area contributed by atoms with E-state index < -0.39 is 5.60 Å². The van der Waals surface area contributed by atoms with Gasteiger partial charge in [-0.05, 0) is 26.2 Å². The number of rotatable bonds is 4. The summed E-state index contributed by atoms with van der Waals surface area (Å²) in [6.45, 7) is 1.89. The van der Waals surface area contributed by atoms with Crippen molar-refractivity contribution in [2.45, 2.75) is 31.8 Å². The molecule has 0 bridgehead atoms. The lowest BCUT2D eigenvalue weighted by atomic mass is 9.93. The van der Waals surface area contributed by atoms with Gasteiger partial charge in [0.25, 0.3) is 0 Å². The molecule has 5 nitrogen and oxygen atoms in total. The molecule has 2 unspecified atom stereocenters. The SMILES string of the molecule is Cn1cc(C(C)(O)CNC(=O)C2CC=CCC2)cn1. The summed E-state index contributed by atoms with van der Waals surface area (Å²) in [6, 6.07) is 0. The molecule has 0 spiro atoms. The monoisotopic (exact) mass is 263 g/mol. The molecule has 1 aliphatic rings. The summed E-state index contributed by atoms with van der Waals surface area (Å²) in [5, 5.41) is 17.2. The van der Waals surface area contributed by atoms with Crippen molar-refractivity contribution >= 4 is 5.91 Å². The zero-order valence-corrected chi connectivity index (χ0v) is 11.5. The second-order valence-electron chi connectivity index (χ2n) is 5.38. The lowest BCUT2D eigenvalue weighted by molar-refractivity contribution is -0.126. The number of carbonyl (C=O) groups is 1. The van der Waals surface area contributed by atoms with Crippen LogP contribution in [0.4, 0.5) is 0 Å². The van der Waals surface area contributed by atoms with Gasteiger partial charge in [0, 0.05) is 24.7 Å². The van der Waals surface area contributed by atoms with Gasteiger partial charge in [-0.3, -0.25) is 9.48 Å². The Morgan fingerprint density at radius 1 is 1.63 bits per heavy atom. The summed E-state index contributed by atoms with van der Waals surface area (Å²) >= 11 is 0. The summed E-state index contributed by atoms with van der Waals surface area (Å²) in [5.41, 5.74) is -0.382.